The third-order valence-electron chi connectivity index (χ3n) is 7.17. The fourth-order valence-electron chi connectivity index (χ4n) is 5.08. The first-order valence-electron chi connectivity index (χ1n) is 12.6. The zero-order valence-corrected chi connectivity index (χ0v) is 22.4. The van der Waals surface area contributed by atoms with Crippen LogP contribution in [0.2, 0.25) is 0 Å². The monoisotopic (exact) mass is 569 g/mol. The molecule has 1 N–H and O–H groups in total. The number of piperazine rings is 1. The summed E-state index contributed by atoms with van der Waals surface area (Å²) in [6.45, 7) is 0.148. The lowest BCUT2D eigenvalue weighted by Crippen LogP contribution is -2.59. The van der Waals surface area contributed by atoms with Crippen LogP contribution < -0.4 is 19.5 Å². The molecule has 0 bridgehead atoms. The molecule has 41 heavy (non-hydrogen) atoms. The number of hydrogen-bond acceptors (Lipinski definition) is 6. The van der Waals surface area contributed by atoms with Crippen molar-refractivity contribution in [2.45, 2.75) is 12.2 Å². The molecule has 0 saturated carbocycles. The van der Waals surface area contributed by atoms with E-state index < -0.39 is 35.5 Å². The maximum Gasteiger partial charge on any atom is 0.416 e. The van der Waals surface area contributed by atoms with Gasteiger partial charge in [0.05, 0.1) is 44.7 Å². The summed E-state index contributed by atoms with van der Waals surface area (Å²) in [7, 11) is 4.31. The van der Waals surface area contributed by atoms with Gasteiger partial charge in [0.2, 0.25) is 11.7 Å². The number of methoxy groups -OCH3 is 3. The molecule has 2 aliphatic rings. The largest absolute Gasteiger partial charge is 0.493 e. The first kappa shape index (κ1) is 27.8. The molecule has 1 saturated heterocycles. The van der Waals surface area contributed by atoms with E-state index in [4.69, 9.17) is 14.2 Å². The van der Waals surface area contributed by atoms with Crippen LogP contribution in [-0.2, 0) is 11.0 Å². The van der Waals surface area contributed by atoms with Crippen LogP contribution in [0.5, 0.6) is 17.2 Å². The Kier molecular flexibility index (Phi) is 7.24. The molecule has 1 atom stereocenters. The van der Waals surface area contributed by atoms with Gasteiger partial charge in [-0.15, -0.1) is 0 Å². The Morgan fingerprint density at radius 3 is 2.22 bits per heavy atom. The quantitative estimate of drug-likeness (QED) is 0.492. The first-order valence-corrected chi connectivity index (χ1v) is 12.6. The summed E-state index contributed by atoms with van der Waals surface area (Å²) in [6.07, 6.45) is -4.52. The minimum Gasteiger partial charge on any atom is -0.493 e. The van der Waals surface area contributed by atoms with Gasteiger partial charge in [-0.25, -0.2) is 0 Å². The predicted octanol–water partition coefficient (Wildman–Crippen LogP) is 4.32. The molecular weight excluding hydrogens is 543 g/mol. The second kappa shape index (κ2) is 10.7. The van der Waals surface area contributed by atoms with Crippen molar-refractivity contribution < 1.29 is 41.8 Å². The van der Waals surface area contributed by atoms with E-state index in [2.05, 4.69) is 5.32 Å². The summed E-state index contributed by atoms with van der Waals surface area (Å²) in [4.78, 5) is 43.2. The normalized spacial score (nSPS) is 16.8. The Balaban J connectivity index is 1.41. The van der Waals surface area contributed by atoms with Gasteiger partial charge in [-0.05, 0) is 47.5 Å². The number of amides is 3. The summed E-state index contributed by atoms with van der Waals surface area (Å²) in [5.74, 6) is -0.417. The van der Waals surface area contributed by atoms with Gasteiger partial charge in [0.25, 0.3) is 11.8 Å². The van der Waals surface area contributed by atoms with Crippen molar-refractivity contribution in [1.29, 1.82) is 0 Å². The maximum absolute atomic E-state index is 13.6. The maximum atomic E-state index is 13.6. The second-order valence-electron chi connectivity index (χ2n) is 9.51. The van der Waals surface area contributed by atoms with Gasteiger partial charge in [0.1, 0.15) is 6.04 Å². The summed E-state index contributed by atoms with van der Waals surface area (Å²) in [5, 5.41) is 2.74. The zero-order chi connectivity index (χ0) is 29.5. The van der Waals surface area contributed by atoms with Gasteiger partial charge < -0.3 is 29.3 Å². The fraction of sp³-hybridized carbons (Fsp3) is 0.276. The molecule has 3 amide bonds. The topological polar surface area (TPSA) is 97.4 Å². The molecule has 0 spiro atoms. The Bertz CT molecular complexity index is 1520. The van der Waals surface area contributed by atoms with E-state index in [0.29, 0.717) is 22.8 Å². The number of nitrogens with zero attached hydrogens (tertiary/aromatic N) is 2. The molecule has 9 nitrogen and oxygen atoms in total. The van der Waals surface area contributed by atoms with E-state index in [1.165, 1.54) is 67.5 Å². The van der Waals surface area contributed by atoms with Crippen molar-refractivity contribution in [1.82, 2.24) is 9.80 Å². The van der Waals surface area contributed by atoms with Gasteiger partial charge in [0, 0.05) is 18.7 Å². The van der Waals surface area contributed by atoms with E-state index in [-0.39, 0.29) is 42.0 Å². The minimum atomic E-state index is -4.52. The third-order valence-corrected chi connectivity index (χ3v) is 7.17. The number of halogens is 3. The highest BCUT2D eigenvalue weighted by molar-refractivity contribution is 6.11. The molecule has 1 fully saturated rings. The van der Waals surface area contributed by atoms with Crippen LogP contribution in [0.15, 0.2) is 54.6 Å². The lowest BCUT2D eigenvalue weighted by atomic mass is 9.99. The number of rotatable bonds is 5. The van der Waals surface area contributed by atoms with Crippen LogP contribution >= 0.6 is 0 Å². The number of carbonyl (C=O) groups excluding carboxylic acids is 3. The number of nitrogens with one attached hydrogen (secondary N) is 1. The van der Waals surface area contributed by atoms with Gasteiger partial charge in [-0.1, -0.05) is 18.2 Å². The Morgan fingerprint density at radius 2 is 1.59 bits per heavy atom. The molecule has 3 aromatic rings. The van der Waals surface area contributed by atoms with E-state index in [9.17, 15) is 27.6 Å². The van der Waals surface area contributed by atoms with Crippen LogP contribution in [0.4, 0.5) is 18.9 Å². The number of ether oxygens (including phenoxy) is 3. The molecule has 2 heterocycles. The van der Waals surface area contributed by atoms with Crippen LogP contribution in [0, 0.1) is 0 Å². The zero-order valence-electron chi connectivity index (χ0n) is 22.4. The third kappa shape index (κ3) is 5.12. The molecule has 0 aliphatic carbocycles. The molecule has 0 aromatic heterocycles. The highest BCUT2D eigenvalue weighted by Gasteiger charge is 2.41. The fourth-order valence-corrected chi connectivity index (χ4v) is 5.08. The standard InChI is InChI=1S/C29H26F3N3O6/c1-39-23-13-18(14-24(40-2)25(23)41-3)27(37)34-9-10-35-22(15-34)26(36)33-21-8-7-17(12-20(21)28(35)38)16-5-4-6-19(11-16)29(30,31)32/h4-8,11-14,22H,9-10,15H2,1-3H3,(H,33,36). The lowest BCUT2D eigenvalue weighted by Gasteiger charge is -2.39. The van der Waals surface area contributed by atoms with Crippen molar-refractivity contribution in [3.63, 3.8) is 0 Å². The Labute approximate surface area is 233 Å². The SMILES string of the molecule is COc1cc(C(=O)N2CCN3C(=O)c4cc(-c5cccc(C(F)(F)F)c5)ccc4NC(=O)C3C2)cc(OC)c1OC. The number of benzene rings is 3. The van der Waals surface area contributed by atoms with E-state index in [1.54, 1.807) is 6.07 Å². The summed E-state index contributed by atoms with van der Waals surface area (Å²) < 4.78 is 55.8. The average molecular weight is 570 g/mol. The predicted molar refractivity (Wildman–Crippen MR) is 142 cm³/mol. The Morgan fingerprint density at radius 1 is 0.902 bits per heavy atom. The van der Waals surface area contributed by atoms with E-state index >= 15 is 0 Å². The van der Waals surface area contributed by atoms with Crippen LogP contribution in [0.3, 0.4) is 0 Å². The highest BCUT2D eigenvalue weighted by atomic mass is 19.4. The molecule has 214 valence electrons. The molecule has 2 aliphatic heterocycles. The molecule has 1 unspecified atom stereocenters. The van der Waals surface area contributed by atoms with Crippen LogP contribution in [-0.4, -0.2) is 74.5 Å². The molecule has 3 aromatic carbocycles. The average Bonchev–Trinajstić information content (AvgIpc) is 3.08. The second-order valence-corrected chi connectivity index (χ2v) is 9.51. The molecule has 0 radical (unpaired) electrons. The smallest absolute Gasteiger partial charge is 0.416 e. The number of hydrogen-bond donors (Lipinski definition) is 1. The Hall–Kier alpha value is -4.74. The lowest BCUT2D eigenvalue weighted by molar-refractivity contribution is -0.137. The van der Waals surface area contributed by atoms with Gasteiger partial charge in [-0.2, -0.15) is 13.2 Å². The van der Waals surface area contributed by atoms with Crippen molar-refractivity contribution in [2.24, 2.45) is 0 Å². The van der Waals surface area contributed by atoms with Gasteiger partial charge in [0.15, 0.2) is 11.5 Å². The number of alkyl halides is 3. The minimum absolute atomic E-state index is 0.0679. The summed E-state index contributed by atoms with van der Waals surface area (Å²) in [6, 6.07) is 11.4. The number of fused-ring (bicyclic) bond motifs is 2. The van der Waals surface area contributed by atoms with Crippen LogP contribution in [0.1, 0.15) is 26.3 Å². The highest BCUT2D eigenvalue weighted by Crippen LogP contribution is 2.39. The van der Waals surface area contributed by atoms with Gasteiger partial charge in [-0.3, -0.25) is 14.4 Å². The first-order chi connectivity index (χ1) is 19.5. The number of carbonyl (C=O) groups is 3. The number of anilines is 1. The summed E-state index contributed by atoms with van der Waals surface area (Å²) in [5.41, 5.74) is 0.517. The summed E-state index contributed by atoms with van der Waals surface area (Å²) >= 11 is 0. The molecular formula is C29H26F3N3O6. The van der Waals surface area contributed by atoms with E-state index in [1.807, 2.05) is 0 Å². The molecule has 12 heteroatoms. The van der Waals surface area contributed by atoms with Crippen molar-refractivity contribution in [2.75, 3.05) is 46.3 Å². The van der Waals surface area contributed by atoms with Crippen molar-refractivity contribution >= 4 is 23.4 Å². The van der Waals surface area contributed by atoms with E-state index in [0.717, 1.165) is 12.1 Å². The van der Waals surface area contributed by atoms with Crippen molar-refractivity contribution in [3.8, 4) is 28.4 Å². The van der Waals surface area contributed by atoms with Gasteiger partial charge >= 0.3 is 6.18 Å². The van der Waals surface area contributed by atoms with Crippen molar-refractivity contribution in [3.05, 3.63) is 71.3 Å². The molecule has 5 rings (SSSR count). The van der Waals surface area contributed by atoms with Crippen LogP contribution in [0.25, 0.3) is 11.1 Å².